The molecule has 0 atom stereocenters. The number of fused-ring (bicyclic) bond motifs is 1. The lowest BCUT2D eigenvalue weighted by molar-refractivity contribution is 0.160. The Bertz CT molecular complexity index is 1200. The SMILES string of the molecule is Nc1nc(N2CCC(N(CCc3ccc(Cl)cc3)Cc3cnc4ccccc4n3)CC2)n[nH]1. The number of nitrogen functional groups attached to an aromatic ring is 1. The van der Waals surface area contributed by atoms with Gasteiger partial charge in [0, 0.05) is 37.2 Å². The summed E-state index contributed by atoms with van der Waals surface area (Å²) in [7, 11) is 0. The first-order valence-corrected chi connectivity index (χ1v) is 11.6. The molecule has 0 saturated carbocycles. The average Bonchev–Trinajstić information content (AvgIpc) is 3.29. The van der Waals surface area contributed by atoms with Gasteiger partial charge in [-0.15, -0.1) is 5.10 Å². The van der Waals surface area contributed by atoms with Crippen LogP contribution in [0.2, 0.25) is 5.02 Å². The summed E-state index contributed by atoms with van der Waals surface area (Å²) in [6.45, 7) is 3.49. The molecule has 1 fully saturated rings. The maximum Gasteiger partial charge on any atom is 0.246 e. The van der Waals surface area contributed by atoms with Gasteiger partial charge in [-0.3, -0.25) is 9.88 Å². The zero-order chi connectivity index (χ0) is 22.6. The fraction of sp³-hybridized carbons (Fsp3) is 0.333. The number of nitrogens with two attached hydrogens (primary N) is 1. The minimum atomic E-state index is 0.353. The third-order valence-corrected chi connectivity index (χ3v) is 6.47. The minimum absolute atomic E-state index is 0.353. The second-order valence-electron chi connectivity index (χ2n) is 8.44. The van der Waals surface area contributed by atoms with E-state index in [1.54, 1.807) is 0 Å². The summed E-state index contributed by atoms with van der Waals surface area (Å²) in [6.07, 6.45) is 4.91. The van der Waals surface area contributed by atoms with Crippen molar-refractivity contribution in [1.82, 2.24) is 30.0 Å². The molecule has 3 N–H and O–H groups in total. The number of rotatable bonds is 7. The van der Waals surface area contributed by atoms with Crippen LogP contribution >= 0.6 is 11.6 Å². The van der Waals surface area contributed by atoms with Gasteiger partial charge in [0.1, 0.15) is 0 Å². The van der Waals surface area contributed by atoms with E-state index in [4.69, 9.17) is 22.3 Å². The first-order chi connectivity index (χ1) is 16.1. The van der Waals surface area contributed by atoms with E-state index in [9.17, 15) is 0 Å². The quantitative estimate of drug-likeness (QED) is 0.432. The van der Waals surface area contributed by atoms with Crippen LogP contribution in [-0.4, -0.2) is 55.7 Å². The van der Waals surface area contributed by atoms with E-state index < -0.39 is 0 Å². The van der Waals surface area contributed by atoms with Gasteiger partial charge in [-0.2, -0.15) is 4.98 Å². The zero-order valence-corrected chi connectivity index (χ0v) is 19.1. The number of nitrogens with one attached hydrogen (secondary N) is 1. The predicted molar refractivity (Wildman–Crippen MR) is 131 cm³/mol. The van der Waals surface area contributed by atoms with E-state index in [-0.39, 0.29) is 0 Å². The molecule has 1 aliphatic rings. The fourth-order valence-electron chi connectivity index (χ4n) is 4.43. The monoisotopic (exact) mass is 462 g/mol. The van der Waals surface area contributed by atoms with Gasteiger partial charge in [-0.05, 0) is 49.1 Å². The van der Waals surface area contributed by atoms with Crippen LogP contribution in [0.1, 0.15) is 24.1 Å². The Labute approximate surface area is 197 Å². The Balaban J connectivity index is 1.30. The van der Waals surface area contributed by atoms with Gasteiger partial charge in [-0.25, -0.2) is 10.1 Å². The number of aromatic nitrogens is 5. The lowest BCUT2D eigenvalue weighted by Gasteiger charge is -2.38. The molecular formula is C24H27ClN8. The third kappa shape index (κ3) is 5.23. The van der Waals surface area contributed by atoms with Gasteiger partial charge in [0.15, 0.2) is 0 Å². The molecule has 33 heavy (non-hydrogen) atoms. The van der Waals surface area contributed by atoms with Crippen LogP contribution in [0.15, 0.2) is 54.7 Å². The first kappa shape index (κ1) is 21.6. The molecule has 0 unspecified atom stereocenters. The van der Waals surface area contributed by atoms with Crippen LogP contribution in [0.25, 0.3) is 11.0 Å². The van der Waals surface area contributed by atoms with Crippen LogP contribution in [-0.2, 0) is 13.0 Å². The summed E-state index contributed by atoms with van der Waals surface area (Å²) >= 11 is 6.07. The lowest BCUT2D eigenvalue weighted by Crippen LogP contribution is -2.45. The number of para-hydroxylation sites is 2. The highest BCUT2D eigenvalue weighted by molar-refractivity contribution is 6.30. The molecule has 0 amide bonds. The molecule has 3 heterocycles. The van der Waals surface area contributed by atoms with Crippen LogP contribution in [0.3, 0.4) is 0 Å². The number of benzene rings is 2. The number of piperidine rings is 1. The molecular weight excluding hydrogens is 436 g/mol. The Morgan fingerprint density at radius 2 is 1.79 bits per heavy atom. The molecule has 2 aromatic carbocycles. The van der Waals surface area contributed by atoms with E-state index in [0.29, 0.717) is 17.9 Å². The smallest absolute Gasteiger partial charge is 0.246 e. The Kier molecular flexibility index (Phi) is 6.37. The van der Waals surface area contributed by atoms with E-state index in [2.05, 4.69) is 42.1 Å². The van der Waals surface area contributed by atoms with Gasteiger partial charge in [0.25, 0.3) is 0 Å². The standard InChI is InChI=1S/C24H27ClN8/c25-18-7-5-17(6-8-18)9-12-33(16-19-15-27-21-3-1-2-4-22(21)28-19)20-10-13-32(14-11-20)24-29-23(26)30-31-24/h1-8,15,20H,9-14,16H2,(H3,26,29,30,31). The molecule has 0 radical (unpaired) electrons. The second-order valence-corrected chi connectivity index (χ2v) is 8.87. The van der Waals surface area contributed by atoms with Crippen molar-refractivity contribution in [3.8, 4) is 0 Å². The van der Waals surface area contributed by atoms with Crippen molar-refractivity contribution < 1.29 is 0 Å². The molecule has 0 aliphatic carbocycles. The molecule has 170 valence electrons. The molecule has 0 bridgehead atoms. The van der Waals surface area contributed by atoms with Gasteiger partial charge in [0.2, 0.25) is 11.9 Å². The summed E-state index contributed by atoms with van der Waals surface area (Å²) in [5.41, 5.74) is 9.84. The number of hydrogen-bond acceptors (Lipinski definition) is 7. The van der Waals surface area contributed by atoms with Crippen molar-refractivity contribution in [2.24, 2.45) is 0 Å². The van der Waals surface area contributed by atoms with Crippen molar-refractivity contribution in [3.63, 3.8) is 0 Å². The highest BCUT2D eigenvalue weighted by Crippen LogP contribution is 2.23. The molecule has 4 aromatic rings. The van der Waals surface area contributed by atoms with E-state index in [0.717, 1.165) is 67.2 Å². The summed E-state index contributed by atoms with van der Waals surface area (Å²) < 4.78 is 0. The van der Waals surface area contributed by atoms with Crippen molar-refractivity contribution >= 4 is 34.5 Å². The number of hydrogen-bond donors (Lipinski definition) is 2. The zero-order valence-electron chi connectivity index (χ0n) is 18.4. The van der Waals surface area contributed by atoms with Crippen molar-refractivity contribution in [3.05, 3.63) is 71.0 Å². The summed E-state index contributed by atoms with van der Waals surface area (Å²) in [6, 6.07) is 16.6. The maximum atomic E-state index is 6.07. The lowest BCUT2D eigenvalue weighted by atomic mass is 10.0. The summed E-state index contributed by atoms with van der Waals surface area (Å²) in [4.78, 5) is 18.5. The van der Waals surface area contributed by atoms with Crippen molar-refractivity contribution in [2.75, 3.05) is 30.3 Å². The number of halogens is 1. The average molecular weight is 463 g/mol. The first-order valence-electron chi connectivity index (χ1n) is 11.3. The van der Waals surface area contributed by atoms with E-state index in [1.165, 1.54) is 5.56 Å². The van der Waals surface area contributed by atoms with Crippen LogP contribution < -0.4 is 10.6 Å². The highest BCUT2D eigenvalue weighted by Gasteiger charge is 2.26. The molecule has 1 saturated heterocycles. The molecule has 9 heteroatoms. The van der Waals surface area contributed by atoms with Gasteiger partial charge >= 0.3 is 0 Å². The predicted octanol–water partition coefficient (Wildman–Crippen LogP) is 3.70. The van der Waals surface area contributed by atoms with Crippen molar-refractivity contribution in [1.29, 1.82) is 0 Å². The Morgan fingerprint density at radius 1 is 1.03 bits per heavy atom. The third-order valence-electron chi connectivity index (χ3n) is 6.22. The minimum Gasteiger partial charge on any atom is -0.368 e. The van der Waals surface area contributed by atoms with Crippen LogP contribution in [0.5, 0.6) is 0 Å². The second kappa shape index (κ2) is 9.72. The summed E-state index contributed by atoms with van der Waals surface area (Å²) in [5.74, 6) is 1.03. The normalized spacial score (nSPS) is 14.9. The van der Waals surface area contributed by atoms with Crippen molar-refractivity contribution in [2.45, 2.75) is 31.8 Å². The highest BCUT2D eigenvalue weighted by atomic mass is 35.5. The Hall–Kier alpha value is -3.23. The number of aromatic amines is 1. The number of anilines is 2. The van der Waals surface area contributed by atoms with Crippen LogP contribution in [0, 0.1) is 0 Å². The number of H-pyrrole nitrogens is 1. The number of nitrogens with zero attached hydrogens (tertiary/aromatic N) is 6. The van der Waals surface area contributed by atoms with E-state index >= 15 is 0 Å². The van der Waals surface area contributed by atoms with Crippen LogP contribution in [0.4, 0.5) is 11.9 Å². The molecule has 5 rings (SSSR count). The van der Waals surface area contributed by atoms with Gasteiger partial charge in [0.05, 0.1) is 22.9 Å². The maximum absolute atomic E-state index is 6.07. The Morgan fingerprint density at radius 3 is 2.52 bits per heavy atom. The molecule has 2 aromatic heterocycles. The van der Waals surface area contributed by atoms with Gasteiger partial charge in [-0.1, -0.05) is 35.9 Å². The molecule has 8 nitrogen and oxygen atoms in total. The van der Waals surface area contributed by atoms with Gasteiger partial charge < -0.3 is 10.6 Å². The molecule has 1 aliphatic heterocycles. The fourth-order valence-corrected chi connectivity index (χ4v) is 4.56. The van der Waals surface area contributed by atoms with E-state index in [1.807, 2.05) is 42.6 Å². The molecule has 0 spiro atoms. The summed E-state index contributed by atoms with van der Waals surface area (Å²) in [5, 5.41) is 7.71. The topological polar surface area (TPSA) is 99.8 Å². The largest absolute Gasteiger partial charge is 0.368 e.